The van der Waals surface area contributed by atoms with E-state index in [1.807, 2.05) is 25.3 Å². The van der Waals surface area contributed by atoms with Gasteiger partial charge in [0, 0.05) is 20.1 Å². The van der Waals surface area contributed by atoms with Crippen LogP contribution in [0.15, 0.2) is 12.5 Å². The number of nitrogens with zero attached hydrogens (tertiary/aromatic N) is 3. The van der Waals surface area contributed by atoms with Gasteiger partial charge in [-0.1, -0.05) is 20.8 Å². The zero-order valence-corrected chi connectivity index (χ0v) is 18.4. The van der Waals surface area contributed by atoms with Gasteiger partial charge in [0.05, 0.1) is 18.2 Å². The molecule has 9 nitrogen and oxygen atoms in total. The normalized spacial score (nSPS) is 18.3. The average molecular weight is 408 g/mol. The minimum atomic E-state index is -0.940. The predicted octanol–water partition coefficient (Wildman–Crippen LogP) is 1.84. The number of carbonyl (C=O) groups excluding carboxylic acids is 3. The molecule has 1 unspecified atom stereocenters. The zero-order valence-electron chi connectivity index (χ0n) is 18.4. The van der Waals surface area contributed by atoms with Gasteiger partial charge in [-0.25, -0.2) is 9.78 Å². The second kappa shape index (κ2) is 8.42. The van der Waals surface area contributed by atoms with Gasteiger partial charge in [0.2, 0.25) is 11.8 Å². The summed E-state index contributed by atoms with van der Waals surface area (Å²) < 4.78 is 7.41. The fourth-order valence-corrected chi connectivity index (χ4v) is 3.28. The Morgan fingerprint density at radius 2 is 1.83 bits per heavy atom. The summed E-state index contributed by atoms with van der Waals surface area (Å²) in [5.74, 6) is -0.736. The molecular formula is C20H33N5O4. The molecule has 29 heavy (non-hydrogen) atoms. The van der Waals surface area contributed by atoms with E-state index in [2.05, 4.69) is 15.6 Å². The van der Waals surface area contributed by atoms with Gasteiger partial charge in [0.25, 0.3) is 0 Å². The van der Waals surface area contributed by atoms with E-state index in [9.17, 15) is 14.4 Å². The molecule has 1 aliphatic rings. The van der Waals surface area contributed by atoms with Crippen LogP contribution in [0.3, 0.4) is 0 Å². The third-order valence-electron chi connectivity index (χ3n) is 4.67. The van der Waals surface area contributed by atoms with Crippen LogP contribution in [0.5, 0.6) is 0 Å². The maximum absolute atomic E-state index is 13.4. The van der Waals surface area contributed by atoms with Crippen molar-refractivity contribution in [1.82, 2.24) is 25.1 Å². The van der Waals surface area contributed by atoms with E-state index in [1.54, 1.807) is 33.3 Å². The topological polar surface area (TPSA) is 106 Å². The summed E-state index contributed by atoms with van der Waals surface area (Å²) in [5.41, 5.74) is -0.617. The number of aryl methyl sites for hydroxylation is 1. The lowest BCUT2D eigenvalue weighted by Gasteiger charge is -2.34. The lowest BCUT2D eigenvalue weighted by molar-refractivity contribution is -0.134. The summed E-state index contributed by atoms with van der Waals surface area (Å²) in [7, 11) is 1.53. The highest BCUT2D eigenvalue weighted by molar-refractivity contribution is 5.92. The maximum Gasteiger partial charge on any atom is 0.411 e. The van der Waals surface area contributed by atoms with Crippen LogP contribution in [0.25, 0.3) is 0 Å². The molecule has 1 aromatic rings. The fraction of sp³-hybridized carbons (Fsp3) is 0.700. The first-order valence-corrected chi connectivity index (χ1v) is 9.87. The molecule has 2 heterocycles. The van der Waals surface area contributed by atoms with Crippen molar-refractivity contribution in [2.24, 2.45) is 5.41 Å². The third kappa shape index (κ3) is 5.48. The lowest BCUT2D eigenvalue weighted by Crippen LogP contribution is -2.56. The van der Waals surface area contributed by atoms with Crippen molar-refractivity contribution < 1.29 is 19.1 Å². The van der Waals surface area contributed by atoms with E-state index < -0.39 is 35.1 Å². The van der Waals surface area contributed by atoms with Gasteiger partial charge in [-0.15, -0.1) is 0 Å². The average Bonchev–Trinajstić information content (AvgIpc) is 2.95. The molecule has 0 saturated heterocycles. The van der Waals surface area contributed by atoms with Gasteiger partial charge < -0.3 is 19.9 Å². The van der Waals surface area contributed by atoms with Gasteiger partial charge in [-0.3, -0.25) is 14.5 Å². The van der Waals surface area contributed by atoms with E-state index >= 15 is 0 Å². The maximum atomic E-state index is 13.4. The summed E-state index contributed by atoms with van der Waals surface area (Å²) in [5, 5.41) is 5.44. The number of nitrogens with one attached hydrogen (secondary N) is 2. The van der Waals surface area contributed by atoms with Crippen LogP contribution in [0.4, 0.5) is 4.79 Å². The number of hydrogen-bond acceptors (Lipinski definition) is 5. The Balaban J connectivity index is 2.40. The molecule has 0 radical (unpaired) electrons. The molecule has 162 valence electrons. The van der Waals surface area contributed by atoms with Crippen molar-refractivity contribution in [3.05, 3.63) is 18.2 Å². The minimum Gasteiger partial charge on any atom is -0.444 e. The molecule has 1 aliphatic heterocycles. The molecule has 0 spiro atoms. The molecule has 2 atom stereocenters. The quantitative estimate of drug-likeness (QED) is 0.795. The van der Waals surface area contributed by atoms with Crippen LogP contribution < -0.4 is 10.6 Å². The highest BCUT2D eigenvalue weighted by atomic mass is 16.6. The van der Waals surface area contributed by atoms with E-state index in [0.29, 0.717) is 25.2 Å². The van der Waals surface area contributed by atoms with Crippen LogP contribution in [0, 0.1) is 5.41 Å². The number of aromatic nitrogens is 2. The van der Waals surface area contributed by atoms with Gasteiger partial charge in [-0.05, 0) is 32.6 Å². The van der Waals surface area contributed by atoms with Crippen molar-refractivity contribution in [1.29, 1.82) is 0 Å². The van der Waals surface area contributed by atoms with Crippen LogP contribution in [0.1, 0.15) is 59.7 Å². The number of rotatable bonds is 3. The summed E-state index contributed by atoms with van der Waals surface area (Å²) >= 11 is 0. The number of ether oxygens (including phenoxy) is 1. The molecule has 0 saturated carbocycles. The van der Waals surface area contributed by atoms with E-state index in [4.69, 9.17) is 4.74 Å². The molecule has 2 N–H and O–H groups in total. The van der Waals surface area contributed by atoms with Crippen molar-refractivity contribution >= 4 is 17.9 Å². The van der Waals surface area contributed by atoms with E-state index in [0.717, 1.165) is 0 Å². The summed E-state index contributed by atoms with van der Waals surface area (Å²) in [6.45, 7) is 11.9. The Hall–Kier alpha value is -2.58. The first kappa shape index (κ1) is 22.7. The number of carbonyl (C=O) groups is 3. The SMILES string of the molecule is CNC(=O)C(NC(=O)[C@@H]1c2cncn2CCCN1C(=O)OC(C)(C)C)C(C)(C)C. The van der Waals surface area contributed by atoms with Crippen LogP contribution >= 0.6 is 0 Å². The standard InChI is InChI=1S/C20H33N5O4/c1-19(2,3)15(17(27)21-7)23-16(26)14-13-11-22-12-24(13)9-8-10-25(14)18(28)29-20(4,5)6/h11-12,14-15H,8-10H2,1-7H3,(H,21,27)(H,23,26)/t14-,15?/m0/s1. The van der Waals surface area contributed by atoms with Crippen LogP contribution in [0.2, 0.25) is 0 Å². The van der Waals surface area contributed by atoms with Crippen LogP contribution in [-0.2, 0) is 20.9 Å². The van der Waals surface area contributed by atoms with Gasteiger partial charge in [0.1, 0.15) is 11.6 Å². The molecule has 0 bridgehead atoms. The Kier molecular flexibility index (Phi) is 6.60. The third-order valence-corrected chi connectivity index (χ3v) is 4.67. The van der Waals surface area contributed by atoms with Crippen molar-refractivity contribution in [2.45, 2.75) is 72.2 Å². The number of fused-ring (bicyclic) bond motifs is 1. The largest absolute Gasteiger partial charge is 0.444 e. The first-order chi connectivity index (χ1) is 13.3. The Morgan fingerprint density at radius 1 is 1.17 bits per heavy atom. The molecule has 3 amide bonds. The molecule has 1 aromatic heterocycles. The zero-order chi connectivity index (χ0) is 22.0. The second-order valence-corrected chi connectivity index (χ2v) is 9.36. The van der Waals surface area contributed by atoms with Gasteiger partial charge in [0.15, 0.2) is 6.04 Å². The van der Waals surface area contributed by atoms with E-state index in [1.165, 1.54) is 11.9 Å². The Bertz CT molecular complexity index is 760. The number of amides is 3. The Morgan fingerprint density at radius 3 is 2.38 bits per heavy atom. The van der Waals surface area contributed by atoms with Crippen molar-refractivity contribution in [2.75, 3.05) is 13.6 Å². The molecule has 9 heteroatoms. The fourth-order valence-electron chi connectivity index (χ4n) is 3.28. The van der Waals surface area contributed by atoms with Crippen LogP contribution in [-0.4, -0.2) is 57.6 Å². The highest BCUT2D eigenvalue weighted by Crippen LogP contribution is 2.28. The van der Waals surface area contributed by atoms with E-state index in [-0.39, 0.29) is 5.91 Å². The predicted molar refractivity (Wildman–Crippen MR) is 108 cm³/mol. The van der Waals surface area contributed by atoms with Crippen molar-refractivity contribution in [3.8, 4) is 0 Å². The summed E-state index contributed by atoms with van der Waals surface area (Å²) in [4.78, 5) is 44.3. The molecule has 2 rings (SSSR count). The molecular weight excluding hydrogens is 374 g/mol. The molecule has 0 aliphatic carbocycles. The molecule has 0 aromatic carbocycles. The highest BCUT2D eigenvalue weighted by Gasteiger charge is 2.40. The second-order valence-electron chi connectivity index (χ2n) is 9.36. The summed E-state index contributed by atoms with van der Waals surface area (Å²) in [6.07, 6.45) is 3.32. The Labute approximate surface area is 172 Å². The molecule has 0 fully saturated rings. The van der Waals surface area contributed by atoms with Crippen molar-refractivity contribution in [3.63, 3.8) is 0 Å². The van der Waals surface area contributed by atoms with Gasteiger partial charge in [-0.2, -0.15) is 0 Å². The first-order valence-electron chi connectivity index (χ1n) is 9.87. The minimum absolute atomic E-state index is 0.295. The monoisotopic (exact) mass is 407 g/mol. The smallest absolute Gasteiger partial charge is 0.411 e. The summed E-state index contributed by atoms with van der Waals surface area (Å²) in [6, 6.07) is -1.70. The number of hydrogen-bond donors (Lipinski definition) is 2. The lowest BCUT2D eigenvalue weighted by atomic mass is 9.86. The van der Waals surface area contributed by atoms with Gasteiger partial charge >= 0.3 is 6.09 Å². The number of imidazole rings is 1. The number of likely N-dealkylation sites (N-methyl/N-ethyl adjacent to an activating group) is 1.